The predicted octanol–water partition coefficient (Wildman–Crippen LogP) is 4.29. The van der Waals surface area contributed by atoms with Crippen molar-refractivity contribution in [1.29, 1.82) is 0 Å². The minimum atomic E-state index is -0.0944. The molecular formula is C17H23ClN2. The van der Waals surface area contributed by atoms with Crippen LogP contribution in [0.4, 0.5) is 5.69 Å². The van der Waals surface area contributed by atoms with Gasteiger partial charge in [-0.25, -0.2) is 0 Å². The summed E-state index contributed by atoms with van der Waals surface area (Å²) < 4.78 is 0. The Labute approximate surface area is 127 Å². The largest absolute Gasteiger partial charge is 0.383 e. The molecule has 108 valence electrons. The van der Waals surface area contributed by atoms with Gasteiger partial charge >= 0.3 is 0 Å². The van der Waals surface area contributed by atoms with Gasteiger partial charge in [-0.05, 0) is 43.5 Å². The third-order valence-corrected chi connectivity index (χ3v) is 3.15. The summed E-state index contributed by atoms with van der Waals surface area (Å²) >= 11 is 0. The Balaban J connectivity index is 0.00000200. The molecule has 3 heteroatoms. The van der Waals surface area contributed by atoms with Crippen molar-refractivity contribution in [3.63, 3.8) is 0 Å². The Morgan fingerprint density at radius 3 is 2.25 bits per heavy atom. The highest BCUT2D eigenvalue weighted by Gasteiger charge is 2.13. The second-order valence-corrected chi connectivity index (χ2v) is 5.28. The Morgan fingerprint density at radius 2 is 1.65 bits per heavy atom. The van der Waals surface area contributed by atoms with E-state index in [1.165, 1.54) is 5.56 Å². The van der Waals surface area contributed by atoms with Crippen LogP contribution in [0.25, 0.3) is 0 Å². The van der Waals surface area contributed by atoms with Crippen molar-refractivity contribution in [2.24, 2.45) is 5.73 Å². The summed E-state index contributed by atoms with van der Waals surface area (Å²) in [6, 6.07) is 16.9. The van der Waals surface area contributed by atoms with Gasteiger partial charge in [-0.1, -0.05) is 42.5 Å². The first kappa shape index (κ1) is 16.5. The standard InChI is InChI=1S/C17H22N2.ClH/c1-12(2)19-16-11-13(3)9-10-15(16)17(18)14-7-5-4-6-8-14;/h4-12,17,19H,18H2,1-3H3;1H. The number of hydrogen-bond donors (Lipinski definition) is 2. The summed E-state index contributed by atoms with van der Waals surface area (Å²) in [5.74, 6) is 0. The van der Waals surface area contributed by atoms with Gasteiger partial charge in [0.25, 0.3) is 0 Å². The maximum atomic E-state index is 6.40. The molecular weight excluding hydrogens is 268 g/mol. The maximum Gasteiger partial charge on any atom is 0.0572 e. The zero-order chi connectivity index (χ0) is 13.8. The monoisotopic (exact) mass is 290 g/mol. The molecule has 0 aromatic heterocycles. The van der Waals surface area contributed by atoms with Crippen LogP contribution >= 0.6 is 12.4 Å². The molecule has 0 saturated heterocycles. The van der Waals surface area contributed by atoms with Gasteiger partial charge in [0, 0.05) is 11.7 Å². The molecule has 20 heavy (non-hydrogen) atoms. The van der Waals surface area contributed by atoms with Crippen LogP contribution in [0.2, 0.25) is 0 Å². The molecule has 0 aliphatic carbocycles. The van der Waals surface area contributed by atoms with Crippen LogP contribution in [0.5, 0.6) is 0 Å². The Morgan fingerprint density at radius 1 is 1.00 bits per heavy atom. The molecule has 2 rings (SSSR count). The molecule has 0 saturated carbocycles. The van der Waals surface area contributed by atoms with Gasteiger partial charge in [0.05, 0.1) is 6.04 Å². The maximum absolute atomic E-state index is 6.40. The van der Waals surface area contributed by atoms with E-state index in [9.17, 15) is 0 Å². The number of nitrogens with one attached hydrogen (secondary N) is 1. The van der Waals surface area contributed by atoms with Gasteiger partial charge in [0.15, 0.2) is 0 Å². The van der Waals surface area contributed by atoms with E-state index in [1.54, 1.807) is 0 Å². The van der Waals surface area contributed by atoms with E-state index >= 15 is 0 Å². The Bertz CT molecular complexity index is 538. The van der Waals surface area contributed by atoms with E-state index in [0.29, 0.717) is 6.04 Å². The molecule has 1 unspecified atom stereocenters. The first-order valence-electron chi connectivity index (χ1n) is 6.75. The number of hydrogen-bond acceptors (Lipinski definition) is 2. The van der Waals surface area contributed by atoms with Crippen LogP contribution in [0.3, 0.4) is 0 Å². The third-order valence-electron chi connectivity index (χ3n) is 3.15. The summed E-state index contributed by atoms with van der Waals surface area (Å²) in [7, 11) is 0. The van der Waals surface area contributed by atoms with E-state index in [2.05, 4.69) is 56.4 Å². The van der Waals surface area contributed by atoms with Gasteiger partial charge in [0.2, 0.25) is 0 Å². The quantitative estimate of drug-likeness (QED) is 0.882. The van der Waals surface area contributed by atoms with Crippen molar-refractivity contribution in [3.05, 3.63) is 65.2 Å². The van der Waals surface area contributed by atoms with Crippen LogP contribution in [-0.2, 0) is 0 Å². The van der Waals surface area contributed by atoms with Crippen LogP contribution in [0.15, 0.2) is 48.5 Å². The lowest BCUT2D eigenvalue weighted by Crippen LogP contribution is -2.17. The highest BCUT2D eigenvalue weighted by molar-refractivity contribution is 5.85. The minimum Gasteiger partial charge on any atom is -0.383 e. The zero-order valence-electron chi connectivity index (χ0n) is 12.3. The molecule has 0 fully saturated rings. The SMILES string of the molecule is Cc1ccc(C(N)c2ccccc2)c(NC(C)C)c1.Cl. The fraction of sp³-hybridized carbons (Fsp3) is 0.294. The van der Waals surface area contributed by atoms with Gasteiger partial charge in [-0.2, -0.15) is 0 Å². The lowest BCUT2D eigenvalue weighted by Gasteiger charge is -2.20. The number of benzene rings is 2. The fourth-order valence-corrected chi connectivity index (χ4v) is 2.22. The molecule has 0 aliphatic rings. The summed E-state index contributed by atoms with van der Waals surface area (Å²) in [6.07, 6.45) is 0. The molecule has 0 heterocycles. The van der Waals surface area contributed by atoms with Crippen LogP contribution < -0.4 is 11.1 Å². The topological polar surface area (TPSA) is 38.0 Å². The van der Waals surface area contributed by atoms with E-state index < -0.39 is 0 Å². The Kier molecular flexibility index (Phi) is 6.05. The average molecular weight is 291 g/mol. The van der Waals surface area contributed by atoms with Crippen LogP contribution in [-0.4, -0.2) is 6.04 Å². The number of nitrogens with two attached hydrogens (primary N) is 1. The van der Waals surface area contributed by atoms with Crippen molar-refractivity contribution in [1.82, 2.24) is 0 Å². The smallest absolute Gasteiger partial charge is 0.0572 e. The molecule has 0 amide bonds. The second-order valence-electron chi connectivity index (χ2n) is 5.28. The molecule has 0 bridgehead atoms. The van der Waals surface area contributed by atoms with Crippen LogP contribution in [0, 0.1) is 6.92 Å². The van der Waals surface area contributed by atoms with Crippen LogP contribution in [0.1, 0.15) is 36.6 Å². The fourth-order valence-electron chi connectivity index (χ4n) is 2.22. The molecule has 0 radical (unpaired) electrons. The molecule has 3 N–H and O–H groups in total. The highest BCUT2D eigenvalue weighted by atomic mass is 35.5. The minimum absolute atomic E-state index is 0. The van der Waals surface area contributed by atoms with Gasteiger partial charge in [0.1, 0.15) is 0 Å². The summed E-state index contributed by atoms with van der Waals surface area (Å²) in [6.45, 7) is 6.38. The van der Waals surface area contributed by atoms with Crippen molar-refractivity contribution in [3.8, 4) is 0 Å². The van der Waals surface area contributed by atoms with Crippen molar-refractivity contribution < 1.29 is 0 Å². The summed E-state index contributed by atoms with van der Waals surface area (Å²) in [4.78, 5) is 0. The van der Waals surface area contributed by atoms with Gasteiger partial charge < -0.3 is 11.1 Å². The number of aryl methyl sites for hydroxylation is 1. The van der Waals surface area contributed by atoms with Gasteiger partial charge in [-0.15, -0.1) is 12.4 Å². The van der Waals surface area contributed by atoms with E-state index in [1.807, 2.05) is 18.2 Å². The molecule has 0 spiro atoms. The normalized spacial score (nSPS) is 11.8. The molecule has 2 aromatic carbocycles. The summed E-state index contributed by atoms with van der Waals surface area (Å²) in [5, 5.41) is 3.48. The van der Waals surface area contributed by atoms with Crippen molar-refractivity contribution >= 4 is 18.1 Å². The first-order chi connectivity index (χ1) is 9.08. The third kappa shape index (κ3) is 3.99. The molecule has 1 atom stereocenters. The second kappa shape index (κ2) is 7.32. The number of halogens is 1. The number of rotatable bonds is 4. The van der Waals surface area contributed by atoms with Gasteiger partial charge in [-0.3, -0.25) is 0 Å². The highest BCUT2D eigenvalue weighted by Crippen LogP contribution is 2.28. The van der Waals surface area contributed by atoms with Crippen molar-refractivity contribution in [2.75, 3.05) is 5.32 Å². The van der Waals surface area contributed by atoms with Crippen molar-refractivity contribution in [2.45, 2.75) is 32.9 Å². The van der Waals surface area contributed by atoms with E-state index in [-0.39, 0.29) is 18.4 Å². The molecule has 2 nitrogen and oxygen atoms in total. The lowest BCUT2D eigenvalue weighted by molar-refractivity contribution is 0.849. The lowest BCUT2D eigenvalue weighted by atomic mass is 9.96. The first-order valence-corrected chi connectivity index (χ1v) is 6.75. The number of anilines is 1. The summed E-state index contributed by atoms with van der Waals surface area (Å²) in [5.41, 5.74) is 11.1. The Hall–Kier alpha value is -1.51. The molecule has 2 aromatic rings. The van der Waals surface area contributed by atoms with E-state index in [4.69, 9.17) is 5.73 Å². The average Bonchev–Trinajstić information content (AvgIpc) is 2.38. The predicted molar refractivity (Wildman–Crippen MR) is 89.7 cm³/mol. The molecule has 0 aliphatic heterocycles. The van der Waals surface area contributed by atoms with E-state index in [0.717, 1.165) is 16.8 Å². The zero-order valence-corrected chi connectivity index (χ0v) is 13.1.